The van der Waals surface area contributed by atoms with Crippen LogP contribution in [0.1, 0.15) is 62.5 Å². The van der Waals surface area contributed by atoms with Crippen molar-refractivity contribution in [1.29, 1.82) is 0 Å². The Balaban J connectivity index is 1.46. The second-order valence-electron chi connectivity index (χ2n) is 9.02. The number of nitrogens with one attached hydrogen (secondary N) is 1. The Hall–Kier alpha value is -2.15. The molecule has 0 bridgehead atoms. The largest absolute Gasteiger partial charge is 0.465 e. The zero-order valence-electron chi connectivity index (χ0n) is 17.3. The first-order valence-corrected chi connectivity index (χ1v) is 9.94. The highest BCUT2D eigenvalue weighted by molar-refractivity contribution is 5.90. The van der Waals surface area contributed by atoms with Crippen LogP contribution in [0, 0.1) is 5.41 Å². The number of esters is 1. The lowest BCUT2D eigenvalue weighted by Crippen LogP contribution is -2.55. The van der Waals surface area contributed by atoms with E-state index in [0.717, 1.165) is 44.5 Å². The van der Waals surface area contributed by atoms with Gasteiger partial charge in [0, 0.05) is 18.8 Å². The summed E-state index contributed by atoms with van der Waals surface area (Å²) >= 11 is 0. The van der Waals surface area contributed by atoms with Gasteiger partial charge in [-0.15, -0.1) is 0 Å². The van der Waals surface area contributed by atoms with E-state index in [1.54, 1.807) is 18.3 Å². The van der Waals surface area contributed by atoms with Gasteiger partial charge in [0.15, 0.2) is 0 Å². The second-order valence-corrected chi connectivity index (χ2v) is 9.02. The number of aromatic nitrogens is 1. The minimum atomic E-state index is -0.467. The molecule has 7 heteroatoms. The summed E-state index contributed by atoms with van der Waals surface area (Å²) < 4.78 is 10.2. The van der Waals surface area contributed by atoms with E-state index in [1.165, 1.54) is 7.11 Å². The van der Waals surface area contributed by atoms with Crippen LogP contribution in [0.15, 0.2) is 18.3 Å². The smallest absolute Gasteiger partial charge is 0.407 e. The average molecular weight is 389 g/mol. The van der Waals surface area contributed by atoms with Gasteiger partial charge >= 0.3 is 12.1 Å². The summed E-state index contributed by atoms with van der Waals surface area (Å²) in [4.78, 5) is 30.6. The number of hydrogen-bond donors (Lipinski definition) is 1. The monoisotopic (exact) mass is 389 g/mol. The Morgan fingerprint density at radius 2 is 1.96 bits per heavy atom. The highest BCUT2D eigenvalue weighted by atomic mass is 16.6. The van der Waals surface area contributed by atoms with Crippen molar-refractivity contribution in [1.82, 2.24) is 15.2 Å². The van der Waals surface area contributed by atoms with Gasteiger partial charge in [0.05, 0.1) is 18.4 Å². The van der Waals surface area contributed by atoms with Gasteiger partial charge in [-0.2, -0.15) is 0 Å². The van der Waals surface area contributed by atoms with Crippen LogP contribution in [0.2, 0.25) is 0 Å². The van der Waals surface area contributed by atoms with Crippen LogP contribution in [0.25, 0.3) is 0 Å². The van der Waals surface area contributed by atoms with Crippen molar-refractivity contribution in [2.24, 2.45) is 5.41 Å². The van der Waals surface area contributed by atoms with Crippen LogP contribution in [0.5, 0.6) is 0 Å². The van der Waals surface area contributed by atoms with Crippen molar-refractivity contribution in [3.8, 4) is 0 Å². The third-order valence-corrected chi connectivity index (χ3v) is 5.67. The molecule has 3 rings (SSSR count). The van der Waals surface area contributed by atoms with E-state index in [9.17, 15) is 9.59 Å². The Bertz CT molecular complexity index is 713. The number of nitrogens with zero attached hydrogens (tertiary/aromatic N) is 2. The number of amides is 1. The van der Waals surface area contributed by atoms with E-state index >= 15 is 0 Å². The van der Waals surface area contributed by atoms with E-state index in [-0.39, 0.29) is 18.1 Å². The zero-order chi connectivity index (χ0) is 20.4. The summed E-state index contributed by atoms with van der Waals surface area (Å²) in [6, 6.07) is 3.73. The Kier molecular flexibility index (Phi) is 5.93. The van der Waals surface area contributed by atoms with Crippen molar-refractivity contribution in [2.45, 2.75) is 64.6 Å². The number of ether oxygens (including phenoxy) is 2. The first kappa shape index (κ1) is 20.6. The van der Waals surface area contributed by atoms with Crippen molar-refractivity contribution >= 4 is 12.1 Å². The number of alkyl carbamates (subject to hydrolysis) is 1. The molecule has 1 aliphatic carbocycles. The maximum absolute atomic E-state index is 11.9. The van der Waals surface area contributed by atoms with E-state index < -0.39 is 5.60 Å². The summed E-state index contributed by atoms with van der Waals surface area (Å²) in [5.74, 6) is -0.341. The van der Waals surface area contributed by atoms with Crippen LogP contribution in [-0.2, 0) is 16.0 Å². The van der Waals surface area contributed by atoms with Crippen LogP contribution in [-0.4, -0.2) is 53.8 Å². The summed E-state index contributed by atoms with van der Waals surface area (Å²) in [7, 11) is 1.39. The van der Waals surface area contributed by atoms with E-state index in [2.05, 4.69) is 15.2 Å². The normalized spacial score (nSPS) is 19.7. The Morgan fingerprint density at radius 3 is 2.57 bits per heavy atom. The van der Waals surface area contributed by atoms with Crippen molar-refractivity contribution < 1.29 is 19.1 Å². The van der Waals surface area contributed by atoms with Gasteiger partial charge in [0.2, 0.25) is 0 Å². The fourth-order valence-corrected chi connectivity index (χ4v) is 4.23. The molecule has 0 aromatic carbocycles. The number of carbonyl (C=O) groups is 2. The SMILES string of the molecule is COC(=O)c1cccnc1CN1CCC2(CC1)CC(NC(=O)OC(C)(C)C)C2. The molecule has 0 unspecified atom stereocenters. The third-order valence-electron chi connectivity index (χ3n) is 5.67. The Labute approximate surface area is 166 Å². The topological polar surface area (TPSA) is 80.8 Å². The number of pyridine rings is 1. The lowest BCUT2D eigenvalue weighted by molar-refractivity contribution is -0.00456. The quantitative estimate of drug-likeness (QED) is 0.797. The zero-order valence-corrected chi connectivity index (χ0v) is 17.3. The van der Waals surface area contributed by atoms with Gasteiger partial charge in [0.1, 0.15) is 5.60 Å². The van der Waals surface area contributed by atoms with Gasteiger partial charge < -0.3 is 14.8 Å². The number of piperidine rings is 1. The average Bonchev–Trinajstić information content (AvgIpc) is 2.60. The molecular weight excluding hydrogens is 358 g/mol. The maximum Gasteiger partial charge on any atom is 0.407 e. The van der Waals surface area contributed by atoms with Gasteiger partial charge in [-0.25, -0.2) is 9.59 Å². The molecule has 28 heavy (non-hydrogen) atoms. The predicted octanol–water partition coefficient (Wildman–Crippen LogP) is 3.14. The molecule has 0 atom stereocenters. The summed E-state index contributed by atoms with van der Waals surface area (Å²) in [5, 5.41) is 2.99. The third kappa shape index (κ3) is 5.01. The lowest BCUT2D eigenvalue weighted by Gasteiger charge is -2.52. The molecule has 0 radical (unpaired) electrons. The number of methoxy groups -OCH3 is 1. The molecule has 2 heterocycles. The van der Waals surface area contributed by atoms with Crippen molar-refractivity contribution in [3.05, 3.63) is 29.6 Å². The fraction of sp³-hybridized carbons (Fsp3) is 0.667. The summed E-state index contributed by atoms with van der Waals surface area (Å²) in [5.41, 5.74) is 1.16. The van der Waals surface area contributed by atoms with Gasteiger partial charge in [-0.3, -0.25) is 9.88 Å². The Morgan fingerprint density at radius 1 is 1.29 bits per heavy atom. The molecule has 7 nitrogen and oxygen atoms in total. The van der Waals surface area contributed by atoms with Crippen LogP contribution in [0.4, 0.5) is 4.79 Å². The van der Waals surface area contributed by atoms with Crippen LogP contribution >= 0.6 is 0 Å². The molecule has 1 aromatic rings. The van der Waals surface area contributed by atoms with Gasteiger partial charge in [-0.05, 0) is 77.1 Å². The number of likely N-dealkylation sites (tertiary alicyclic amines) is 1. The minimum absolute atomic E-state index is 0.211. The molecule has 1 aliphatic heterocycles. The first-order valence-electron chi connectivity index (χ1n) is 9.94. The van der Waals surface area contributed by atoms with Crippen molar-refractivity contribution in [2.75, 3.05) is 20.2 Å². The molecule has 154 valence electrons. The molecule has 1 spiro atoms. The predicted molar refractivity (Wildman–Crippen MR) is 105 cm³/mol. The molecule has 1 saturated carbocycles. The van der Waals surface area contributed by atoms with Crippen LogP contribution in [0.3, 0.4) is 0 Å². The second kappa shape index (κ2) is 8.07. The molecule has 2 fully saturated rings. The van der Waals surface area contributed by atoms with E-state index in [4.69, 9.17) is 9.47 Å². The minimum Gasteiger partial charge on any atom is -0.465 e. The molecule has 1 aromatic heterocycles. The molecule has 1 N–H and O–H groups in total. The highest BCUT2D eigenvalue weighted by Crippen LogP contribution is 2.49. The number of rotatable bonds is 4. The lowest BCUT2D eigenvalue weighted by atomic mass is 9.60. The summed E-state index contributed by atoms with van der Waals surface area (Å²) in [6.07, 6.45) is 5.61. The maximum atomic E-state index is 11.9. The van der Waals surface area contributed by atoms with Crippen molar-refractivity contribution in [3.63, 3.8) is 0 Å². The highest BCUT2D eigenvalue weighted by Gasteiger charge is 2.46. The van der Waals surface area contributed by atoms with Gasteiger partial charge in [0.25, 0.3) is 0 Å². The molecule has 2 aliphatic rings. The standard InChI is InChI=1S/C21H31N3O4/c1-20(2,3)28-19(26)23-15-12-21(13-15)7-10-24(11-8-21)14-17-16(18(25)27-4)6-5-9-22-17/h5-6,9,15H,7-8,10-14H2,1-4H3,(H,23,26). The molecule has 1 amide bonds. The van der Waals surface area contributed by atoms with Gasteiger partial charge in [-0.1, -0.05) is 0 Å². The first-order chi connectivity index (χ1) is 13.2. The molecular formula is C21H31N3O4. The fourth-order valence-electron chi connectivity index (χ4n) is 4.23. The molecule has 1 saturated heterocycles. The van der Waals surface area contributed by atoms with Crippen LogP contribution < -0.4 is 5.32 Å². The van der Waals surface area contributed by atoms with E-state index in [0.29, 0.717) is 17.5 Å². The summed E-state index contributed by atoms with van der Waals surface area (Å²) in [6.45, 7) is 8.21. The number of hydrogen-bond acceptors (Lipinski definition) is 6. The van der Waals surface area contributed by atoms with E-state index in [1.807, 2.05) is 20.8 Å². The number of carbonyl (C=O) groups excluding carboxylic acids is 2.